The fourth-order valence-corrected chi connectivity index (χ4v) is 5.29. The third kappa shape index (κ3) is 3.39. The third-order valence-electron chi connectivity index (χ3n) is 3.61. The minimum atomic E-state index is -0.320. The minimum absolute atomic E-state index is 0.118. The van der Waals surface area contributed by atoms with Crippen molar-refractivity contribution in [3.63, 3.8) is 0 Å². The van der Waals surface area contributed by atoms with Gasteiger partial charge in [-0.3, -0.25) is 4.79 Å². The summed E-state index contributed by atoms with van der Waals surface area (Å²) in [5.74, 6) is -0.438. The van der Waals surface area contributed by atoms with Gasteiger partial charge in [0.15, 0.2) is 0 Å². The molecule has 3 nitrogen and oxygen atoms in total. The maximum atomic E-state index is 14.2. The summed E-state index contributed by atoms with van der Waals surface area (Å²) in [5.41, 5.74) is 0.625. The average molecular weight is 428 g/mol. The summed E-state index contributed by atoms with van der Waals surface area (Å²) in [6, 6.07) is 8.85. The predicted octanol–water partition coefficient (Wildman–Crippen LogP) is 5.28. The second-order valence-electron chi connectivity index (χ2n) is 5.32. The lowest BCUT2D eigenvalue weighted by atomic mass is 10.1. The van der Waals surface area contributed by atoms with Crippen molar-refractivity contribution in [3.8, 4) is 0 Å². The molecular weight excluding hydrogens is 413 g/mol. The normalized spacial score (nSPS) is 11.2. The van der Waals surface area contributed by atoms with Crippen molar-refractivity contribution in [2.24, 2.45) is 0 Å². The lowest BCUT2D eigenvalue weighted by Gasteiger charge is -2.16. The van der Waals surface area contributed by atoms with Gasteiger partial charge in [0.2, 0.25) is 0 Å². The Morgan fingerprint density at radius 3 is 2.75 bits per heavy atom. The van der Waals surface area contributed by atoms with Gasteiger partial charge in [-0.2, -0.15) is 0 Å². The van der Waals surface area contributed by atoms with E-state index in [1.54, 1.807) is 36.5 Å². The van der Waals surface area contributed by atoms with Gasteiger partial charge in [-0.15, -0.1) is 22.7 Å². The lowest BCUT2D eigenvalue weighted by molar-refractivity contribution is 0.0787. The van der Waals surface area contributed by atoms with E-state index in [2.05, 4.69) is 15.9 Å². The summed E-state index contributed by atoms with van der Waals surface area (Å²) in [4.78, 5) is 16.2. The zero-order valence-corrected chi connectivity index (χ0v) is 16.4. The van der Waals surface area contributed by atoms with Crippen LogP contribution in [0.2, 0.25) is 0 Å². The number of thiophene rings is 2. The number of hydrogen-bond donors (Lipinski definition) is 0. The molecule has 24 heavy (non-hydrogen) atoms. The van der Waals surface area contributed by atoms with Crippen molar-refractivity contribution in [2.45, 2.75) is 13.2 Å². The highest BCUT2D eigenvalue weighted by Gasteiger charge is 2.23. The van der Waals surface area contributed by atoms with Crippen molar-refractivity contribution in [2.75, 3.05) is 14.2 Å². The molecule has 7 heteroatoms. The van der Waals surface area contributed by atoms with Gasteiger partial charge < -0.3 is 9.64 Å². The third-order valence-corrected chi connectivity index (χ3v) is 6.41. The summed E-state index contributed by atoms with van der Waals surface area (Å²) >= 11 is 6.33. The molecule has 3 aromatic rings. The van der Waals surface area contributed by atoms with Crippen molar-refractivity contribution in [1.29, 1.82) is 0 Å². The first-order valence-electron chi connectivity index (χ1n) is 7.19. The molecule has 2 aromatic heterocycles. The molecule has 1 aromatic carbocycles. The molecule has 0 spiro atoms. The average Bonchev–Trinajstić information content (AvgIpc) is 3.12. The van der Waals surface area contributed by atoms with Crippen LogP contribution in [0.25, 0.3) is 10.1 Å². The van der Waals surface area contributed by atoms with Gasteiger partial charge in [0.05, 0.1) is 21.8 Å². The maximum absolute atomic E-state index is 14.2. The first kappa shape index (κ1) is 17.5. The fourth-order valence-electron chi connectivity index (χ4n) is 2.54. The molecule has 1 amide bonds. The van der Waals surface area contributed by atoms with Gasteiger partial charge in [-0.05, 0) is 40.2 Å². The second-order valence-corrected chi connectivity index (χ2v) is 8.92. The Morgan fingerprint density at radius 1 is 1.29 bits per heavy atom. The number of nitrogens with zero attached hydrogens (tertiary/aromatic N) is 1. The number of carbonyl (C=O) groups is 1. The van der Waals surface area contributed by atoms with Gasteiger partial charge >= 0.3 is 0 Å². The Morgan fingerprint density at radius 2 is 2.08 bits per heavy atom. The van der Waals surface area contributed by atoms with Crippen LogP contribution >= 0.6 is 38.6 Å². The van der Waals surface area contributed by atoms with E-state index >= 15 is 0 Å². The van der Waals surface area contributed by atoms with Gasteiger partial charge in [0.1, 0.15) is 5.82 Å². The van der Waals surface area contributed by atoms with E-state index in [4.69, 9.17) is 4.74 Å². The number of methoxy groups -OCH3 is 1. The molecule has 126 valence electrons. The highest BCUT2D eigenvalue weighted by molar-refractivity contribution is 9.11. The molecule has 0 unspecified atom stereocenters. The predicted molar refractivity (Wildman–Crippen MR) is 100 cm³/mol. The van der Waals surface area contributed by atoms with Crippen molar-refractivity contribution >= 4 is 54.6 Å². The first-order valence-corrected chi connectivity index (χ1v) is 9.62. The number of amides is 1. The molecule has 0 aliphatic rings. The summed E-state index contributed by atoms with van der Waals surface area (Å²) < 4.78 is 21.2. The fraction of sp³-hybridized carbons (Fsp3) is 0.235. The Bertz CT molecular complexity index is 890. The monoisotopic (exact) mass is 427 g/mol. The van der Waals surface area contributed by atoms with E-state index < -0.39 is 0 Å². The van der Waals surface area contributed by atoms with E-state index in [1.807, 2.05) is 18.2 Å². The molecule has 3 rings (SSSR count). The van der Waals surface area contributed by atoms with E-state index in [0.717, 1.165) is 13.4 Å². The van der Waals surface area contributed by atoms with Crippen LogP contribution in [0.5, 0.6) is 0 Å². The summed E-state index contributed by atoms with van der Waals surface area (Å²) in [7, 11) is 3.30. The molecule has 0 saturated carbocycles. The SMILES string of the molecule is COCc1c(C(=O)N(C)Cc2ccc(Br)s2)sc2cccc(F)c12. The highest BCUT2D eigenvalue weighted by atomic mass is 79.9. The molecule has 0 atom stereocenters. The van der Waals surface area contributed by atoms with E-state index in [-0.39, 0.29) is 18.3 Å². The number of benzene rings is 1. The number of ether oxygens (including phenoxy) is 1. The zero-order valence-electron chi connectivity index (χ0n) is 13.1. The summed E-state index contributed by atoms with van der Waals surface area (Å²) in [5, 5.41) is 0.486. The highest BCUT2D eigenvalue weighted by Crippen LogP contribution is 2.35. The van der Waals surface area contributed by atoms with E-state index in [0.29, 0.717) is 22.4 Å². The van der Waals surface area contributed by atoms with Crippen molar-refractivity contribution in [1.82, 2.24) is 4.90 Å². The topological polar surface area (TPSA) is 29.5 Å². The van der Waals surface area contributed by atoms with Gasteiger partial charge in [0.25, 0.3) is 5.91 Å². The van der Waals surface area contributed by atoms with Crippen LogP contribution in [0.1, 0.15) is 20.1 Å². The number of carbonyl (C=O) groups excluding carboxylic acids is 1. The van der Waals surface area contributed by atoms with Crippen molar-refractivity contribution < 1.29 is 13.9 Å². The van der Waals surface area contributed by atoms with Gasteiger partial charge in [0, 0.05) is 34.7 Å². The van der Waals surface area contributed by atoms with Crippen LogP contribution in [0.3, 0.4) is 0 Å². The van der Waals surface area contributed by atoms with Gasteiger partial charge in [-0.1, -0.05) is 6.07 Å². The van der Waals surface area contributed by atoms with E-state index in [9.17, 15) is 9.18 Å². The van der Waals surface area contributed by atoms with Crippen LogP contribution in [0.4, 0.5) is 4.39 Å². The second kappa shape index (κ2) is 7.31. The van der Waals surface area contributed by atoms with Gasteiger partial charge in [-0.25, -0.2) is 4.39 Å². The Balaban J connectivity index is 1.96. The number of rotatable bonds is 5. The number of hydrogen-bond acceptors (Lipinski definition) is 4. The first-order chi connectivity index (χ1) is 11.5. The molecule has 0 radical (unpaired) electrons. The molecular formula is C17H15BrFNO2S2. The molecule has 0 N–H and O–H groups in total. The number of fused-ring (bicyclic) bond motifs is 1. The largest absolute Gasteiger partial charge is 0.380 e. The van der Waals surface area contributed by atoms with Crippen LogP contribution in [-0.2, 0) is 17.9 Å². The van der Waals surface area contributed by atoms with Crippen LogP contribution in [0, 0.1) is 5.82 Å². The molecule has 2 heterocycles. The molecule has 0 saturated heterocycles. The molecule has 0 bridgehead atoms. The lowest BCUT2D eigenvalue weighted by Crippen LogP contribution is -2.25. The molecule has 0 aliphatic carbocycles. The summed E-state index contributed by atoms with van der Waals surface area (Å²) in [6.45, 7) is 0.721. The Hall–Kier alpha value is -1.28. The van der Waals surface area contributed by atoms with Crippen LogP contribution < -0.4 is 0 Å². The number of halogens is 2. The maximum Gasteiger partial charge on any atom is 0.264 e. The smallest absolute Gasteiger partial charge is 0.264 e. The molecule has 0 aliphatic heterocycles. The standard InChI is InChI=1S/C17H15BrFNO2S2/c1-20(8-10-6-7-14(18)23-10)17(21)16-11(9-22-2)15-12(19)4-3-5-13(15)24-16/h3-7H,8-9H2,1-2H3. The van der Waals surface area contributed by atoms with Crippen LogP contribution in [-0.4, -0.2) is 25.0 Å². The molecule has 0 fully saturated rings. The minimum Gasteiger partial charge on any atom is -0.380 e. The van der Waals surface area contributed by atoms with Crippen molar-refractivity contribution in [3.05, 3.63) is 55.3 Å². The Kier molecular flexibility index (Phi) is 5.34. The van der Waals surface area contributed by atoms with E-state index in [1.165, 1.54) is 17.4 Å². The Labute approximate surface area is 155 Å². The zero-order chi connectivity index (χ0) is 17.3. The quantitative estimate of drug-likeness (QED) is 0.553. The summed E-state index contributed by atoms with van der Waals surface area (Å²) in [6.07, 6.45) is 0. The van der Waals surface area contributed by atoms with Crippen LogP contribution in [0.15, 0.2) is 34.1 Å².